The minimum Gasteiger partial charge on any atom is -0.379 e. The van der Waals surface area contributed by atoms with Crippen molar-refractivity contribution in [2.45, 2.75) is 31.1 Å². The van der Waals surface area contributed by atoms with Crippen LogP contribution < -0.4 is 0 Å². The van der Waals surface area contributed by atoms with Crippen LogP contribution in [0.3, 0.4) is 0 Å². The average molecular weight is 346 g/mol. The van der Waals surface area contributed by atoms with Crippen molar-refractivity contribution in [2.75, 3.05) is 45.9 Å². The lowest BCUT2D eigenvalue weighted by molar-refractivity contribution is -0.136. The summed E-state index contributed by atoms with van der Waals surface area (Å²) in [6.45, 7) is 6.27. The smallest absolute Gasteiger partial charge is 0.233 e. The van der Waals surface area contributed by atoms with E-state index in [-0.39, 0.29) is 11.7 Å². The first-order valence-electron chi connectivity index (χ1n) is 9.53. The van der Waals surface area contributed by atoms with Crippen molar-refractivity contribution in [2.24, 2.45) is 5.92 Å². The van der Waals surface area contributed by atoms with Crippen molar-refractivity contribution in [3.05, 3.63) is 35.6 Å². The molecular formula is C20H27FN2O2. The molecule has 1 saturated carbocycles. The van der Waals surface area contributed by atoms with Crippen molar-refractivity contribution in [3.63, 3.8) is 0 Å². The van der Waals surface area contributed by atoms with Gasteiger partial charge in [-0.15, -0.1) is 0 Å². The number of hydrogen-bond donors (Lipinski definition) is 0. The van der Waals surface area contributed by atoms with Crippen molar-refractivity contribution in [1.29, 1.82) is 0 Å². The van der Waals surface area contributed by atoms with E-state index in [1.807, 2.05) is 11.0 Å². The van der Waals surface area contributed by atoms with Crippen molar-refractivity contribution in [1.82, 2.24) is 9.80 Å². The van der Waals surface area contributed by atoms with Crippen LogP contribution in [0.5, 0.6) is 0 Å². The van der Waals surface area contributed by atoms with E-state index < -0.39 is 5.41 Å². The van der Waals surface area contributed by atoms with Crippen LogP contribution in [-0.2, 0) is 14.9 Å². The summed E-state index contributed by atoms with van der Waals surface area (Å²) in [6.07, 6.45) is 3.77. The van der Waals surface area contributed by atoms with Gasteiger partial charge in [-0.25, -0.2) is 4.39 Å². The van der Waals surface area contributed by atoms with E-state index in [9.17, 15) is 9.18 Å². The van der Waals surface area contributed by atoms with Gasteiger partial charge in [0.1, 0.15) is 5.82 Å². The van der Waals surface area contributed by atoms with Crippen LogP contribution in [0.1, 0.15) is 31.2 Å². The predicted molar refractivity (Wildman–Crippen MR) is 93.9 cm³/mol. The van der Waals surface area contributed by atoms with Gasteiger partial charge in [0.25, 0.3) is 0 Å². The zero-order valence-electron chi connectivity index (χ0n) is 14.8. The summed E-state index contributed by atoms with van der Waals surface area (Å²) in [5, 5.41) is 0. The molecular weight excluding hydrogens is 319 g/mol. The molecule has 1 aromatic carbocycles. The molecule has 1 aromatic rings. The Bertz CT molecular complexity index is 626. The molecule has 3 aliphatic rings. The molecule has 1 unspecified atom stereocenters. The lowest BCUT2D eigenvalue weighted by Crippen LogP contribution is -2.48. The molecule has 0 aromatic heterocycles. The third-order valence-electron chi connectivity index (χ3n) is 5.98. The number of carbonyl (C=O) groups excluding carboxylic acids is 1. The number of halogens is 1. The Morgan fingerprint density at radius 1 is 1.20 bits per heavy atom. The molecule has 2 saturated heterocycles. The van der Waals surface area contributed by atoms with Gasteiger partial charge in [0.15, 0.2) is 0 Å². The first-order chi connectivity index (χ1) is 12.2. The summed E-state index contributed by atoms with van der Waals surface area (Å²) in [4.78, 5) is 17.7. The van der Waals surface area contributed by atoms with Crippen LogP contribution in [0.15, 0.2) is 24.3 Å². The molecule has 136 valence electrons. The van der Waals surface area contributed by atoms with Crippen LogP contribution in [0.4, 0.5) is 4.39 Å². The maximum atomic E-state index is 14.2. The normalized spacial score (nSPS) is 26.4. The van der Waals surface area contributed by atoms with Gasteiger partial charge in [0.05, 0.1) is 18.6 Å². The number of morpholine rings is 1. The van der Waals surface area contributed by atoms with Gasteiger partial charge in [0, 0.05) is 38.3 Å². The van der Waals surface area contributed by atoms with E-state index in [4.69, 9.17) is 4.74 Å². The Morgan fingerprint density at radius 2 is 1.96 bits per heavy atom. The third kappa shape index (κ3) is 3.44. The Kier molecular flexibility index (Phi) is 4.78. The monoisotopic (exact) mass is 346 g/mol. The Morgan fingerprint density at radius 3 is 2.68 bits per heavy atom. The first kappa shape index (κ1) is 17.0. The number of piperidine rings is 1. The second-order valence-electron chi connectivity index (χ2n) is 7.73. The number of amides is 1. The summed E-state index contributed by atoms with van der Waals surface area (Å²) >= 11 is 0. The molecule has 2 aliphatic heterocycles. The number of hydrogen-bond acceptors (Lipinski definition) is 3. The molecule has 0 N–H and O–H groups in total. The number of rotatable bonds is 4. The summed E-state index contributed by atoms with van der Waals surface area (Å²) in [6, 6.07) is 6.79. The number of benzene rings is 1. The molecule has 2 heterocycles. The fourth-order valence-corrected chi connectivity index (χ4v) is 4.42. The maximum Gasteiger partial charge on any atom is 0.233 e. The molecule has 4 rings (SSSR count). The highest BCUT2D eigenvalue weighted by molar-refractivity contribution is 5.91. The number of ether oxygens (including phenoxy) is 1. The van der Waals surface area contributed by atoms with Crippen molar-refractivity contribution >= 4 is 5.91 Å². The van der Waals surface area contributed by atoms with E-state index in [0.29, 0.717) is 11.5 Å². The molecule has 4 nitrogen and oxygen atoms in total. The van der Waals surface area contributed by atoms with Crippen LogP contribution in [-0.4, -0.2) is 61.6 Å². The van der Waals surface area contributed by atoms with E-state index in [1.165, 1.54) is 12.5 Å². The van der Waals surface area contributed by atoms with Gasteiger partial charge >= 0.3 is 0 Å². The maximum absolute atomic E-state index is 14.2. The molecule has 1 aliphatic carbocycles. The summed E-state index contributed by atoms with van der Waals surface area (Å²) in [5.41, 5.74) is 0.00180. The van der Waals surface area contributed by atoms with Gasteiger partial charge in [-0.3, -0.25) is 9.69 Å². The molecule has 3 fully saturated rings. The van der Waals surface area contributed by atoms with E-state index in [1.54, 1.807) is 12.1 Å². The molecule has 1 atom stereocenters. The summed E-state index contributed by atoms with van der Waals surface area (Å²) in [5.74, 6) is 0.423. The van der Waals surface area contributed by atoms with E-state index in [0.717, 1.165) is 65.2 Å². The highest BCUT2D eigenvalue weighted by Gasteiger charge is 2.54. The summed E-state index contributed by atoms with van der Waals surface area (Å²) < 4.78 is 19.7. The van der Waals surface area contributed by atoms with Crippen LogP contribution in [0.2, 0.25) is 0 Å². The largest absolute Gasteiger partial charge is 0.379 e. The Balaban J connectivity index is 1.42. The minimum absolute atomic E-state index is 0.143. The predicted octanol–water partition coefficient (Wildman–Crippen LogP) is 2.43. The van der Waals surface area contributed by atoms with E-state index >= 15 is 0 Å². The minimum atomic E-state index is -0.591. The fourth-order valence-electron chi connectivity index (χ4n) is 4.42. The molecule has 5 heteroatoms. The average Bonchev–Trinajstić information content (AvgIpc) is 3.44. The number of carbonyl (C=O) groups is 1. The lowest BCUT2D eigenvalue weighted by atomic mass is 9.91. The number of likely N-dealkylation sites (tertiary alicyclic amines) is 1. The fraction of sp³-hybridized carbons (Fsp3) is 0.650. The summed E-state index contributed by atoms with van der Waals surface area (Å²) in [7, 11) is 0. The highest BCUT2D eigenvalue weighted by atomic mass is 19.1. The van der Waals surface area contributed by atoms with Gasteiger partial charge in [-0.05, 0) is 37.7 Å². The second kappa shape index (κ2) is 7.04. The second-order valence-corrected chi connectivity index (χ2v) is 7.73. The first-order valence-corrected chi connectivity index (χ1v) is 9.53. The molecule has 25 heavy (non-hydrogen) atoms. The van der Waals surface area contributed by atoms with E-state index in [2.05, 4.69) is 4.90 Å². The molecule has 0 spiro atoms. The van der Waals surface area contributed by atoms with Crippen LogP contribution >= 0.6 is 0 Å². The number of nitrogens with zero attached hydrogens (tertiary/aromatic N) is 2. The Labute approximate surface area is 148 Å². The van der Waals surface area contributed by atoms with Gasteiger partial charge < -0.3 is 9.64 Å². The highest BCUT2D eigenvalue weighted by Crippen LogP contribution is 2.50. The molecule has 0 bridgehead atoms. The topological polar surface area (TPSA) is 32.8 Å². The molecule has 1 amide bonds. The van der Waals surface area contributed by atoms with Crippen LogP contribution in [0.25, 0.3) is 0 Å². The Hall–Kier alpha value is -1.46. The van der Waals surface area contributed by atoms with Crippen molar-refractivity contribution < 1.29 is 13.9 Å². The van der Waals surface area contributed by atoms with Gasteiger partial charge in [0.2, 0.25) is 5.91 Å². The molecule has 0 radical (unpaired) electrons. The lowest BCUT2D eigenvalue weighted by Gasteiger charge is -2.38. The SMILES string of the molecule is O=C(N1CCCC(CN2CCOCC2)C1)C1(c2ccccc2F)CC1. The zero-order valence-corrected chi connectivity index (χ0v) is 14.8. The standard InChI is InChI=1S/C20H27FN2O2/c21-18-6-2-1-5-17(18)20(7-8-20)19(24)23-9-3-4-16(15-23)14-22-10-12-25-13-11-22/h1-2,5-6,16H,3-4,7-15H2. The zero-order chi connectivity index (χ0) is 17.3. The van der Waals surface area contributed by atoms with Gasteiger partial charge in [-0.2, -0.15) is 0 Å². The third-order valence-corrected chi connectivity index (χ3v) is 5.98. The van der Waals surface area contributed by atoms with Crippen molar-refractivity contribution in [3.8, 4) is 0 Å². The van der Waals surface area contributed by atoms with Gasteiger partial charge in [-0.1, -0.05) is 18.2 Å². The quantitative estimate of drug-likeness (QED) is 0.839. The van der Waals surface area contributed by atoms with Crippen LogP contribution in [0, 0.1) is 11.7 Å².